The summed E-state index contributed by atoms with van der Waals surface area (Å²) in [6.07, 6.45) is 4.70. The highest BCUT2D eigenvalue weighted by Crippen LogP contribution is 2.37. The molecule has 0 aromatic carbocycles. The lowest BCUT2D eigenvalue weighted by atomic mass is 10.0. The van der Waals surface area contributed by atoms with Crippen molar-refractivity contribution in [1.29, 1.82) is 0 Å². The molecule has 6 heteroatoms. The Morgan fingerprint density at radius 1 is 1.32 bits per heavy atom. The number of halogens is 2. The summed E-state index contributed by atoms with van der Waals surface area (Å²) in [5, 5.41) is 1.98. The molecule has 1 aliphatic rings. The van der Waals surface area contributed by atoms with Crippen molar-refractivity contribution in [3.05, 3.63) is 36.4 Å². The molecule has 1 saturated carbocycles. The fraction of sp³-hybridized carbons (Fsp3) is 0.385. The largest absolute Gasteiger partial charge is 0.305 e. The van der Waals surface area contributed by atoms with Gasteiger partial charge in [-0.05, 0) is 56.1 Å². The molecule has 0 unspecified atom stereocenters. The molecule has 0 aliphatic heterocycles. The van der Waals surface area contributed by atoms with E-state index in [-0.39, 0.29) is 5.56 Å². The topological polar surface area (TPSA) is 45.8 Å². The summed E-state index contributed by atoms with van der Waals surface area (Å²) in [4.78, 5) is 20.6. The lowest BCUT2D eigenvalue weighted by Crippen LogP contribution is -2.15. The number of hydrogen-bond acceptors (Lipinski definition) is 3. The summed E-state index contributed by atoms with van der Waals surface area (Å²) in [6, 6.07) is 1.97. The predicted octanol–water partition coefficient (Wildman–Crippen LogP) is 4.68. The van der Waals surface area contributed by atoms with Gasteiger partial charge in [0.05, 0.1) is 10.6 Å². The standard InChI is InChI=1S/C13H12Br2N2OS/c14-8-5-6-19-11(8)12-16-10(7-3-1-2-4-7)9(15)13(18)17-12/h5-7H,1-4H2,(H,16,17,18). The first-order valence-electron chi connectivity index (χ1n) is 6.20. The van der Waals surface area contributed by atoms with Crippen molar-refractivity contribution in [1.82, 2.24) is 9.97 Å². The van der Waals surface area contributed by atoms with Gasteiger partial charge in [-0.2, -0.15) is 0 Å². The summed E-state index contributed by atoms with van der Waals surface area (Å²) in [5.41, 5.74) is 0.823. The van der Waals surface area contributed by atoms with E-state index in [4.69, 9.17) is 4.98 Å². The molecule has 0 amide bonds. The Bertz CT molecular complexity index is 659. The molecule has 3 nitrogen and oxygen atoms in total. The zero-order chi connectivity index (χ0) is 13.4. The molecule has 2 heterocycles. The second kappa shape index (κ2) is 5.50. The molecule has 3 rings (SSSR count). The van der Waals surface area contributed by atoms with Crippen LogP contribution >= 0.6 is 43.2 Å². The number of nitrogens with one attached hydrogen (secondary N) is 1. The molecule has 0 radical (unpaired) electrons. The van der Waals surface area contributed by atoms with Gasteiger partial charge in [0.1, 0.15) is 4.47 Å². The van der Waals surface area contributed by atoms with E-state index in [1.807, 2.05) is 11.4 Å². The first-order valence-corrected chi connectivity index (χ1v) is 8.66. The predicted molar refractivity (Wildman–Crippen MR) is 84.8 cm³/mol. The summed E-state index contributed by atoms with van der Waals surface area (Å²) >= 11 is 8.46. The van der Waals surface area contributed by atoms with Crippen LogP contribution in [0.25, 0.3) is 10.7 Å². The molecule has 0 spiro atoms. The quantitative estimate of drug-likeness (QED) is 0.790. The Labute approximate surface area is 131 Å². The van der Waals surface area contributed by atoms with Gasteiger partial charge in [-0.3, -0.25) is 4.79 Å². The minimum absolute atomic E-state index is 0.0906. The van der Waals surface area contributed by atoms with E-state index < -0.39 is 0 Å². The van der Waals surface area contributed by atoms with Crippen LogP contribution in [0.2, 0.25) is 0 Å². The van der Waals surface area contributed by atoms with Gasteiger partial charge in [-0.25, -0.2) is 4.98 Å². The summed E-state index contributed by atoms with van der Waals surface area (Å²) in [7, 11) is 0. The zero-order valence-electron chi connectivity index (χ0n) is 10.1. The number of rotatable bonds is 2. The van der Waals surface area contributed by atoms with E-state index >= 15 is 0 Å². The number of hydrogen-bond donors (Lipinski definition) is 1. The van der Waals surface area contributed by atoms with Crippen molar-refractivity contribution in [2.75, 3.05) is 0 Å². The SMILES string of the molecule is O=c1[nH]c(-c2sccc2Br)nc(C2CCCC2)c1Br. The van der Waals surface area contributed by atoms with Gasteiger partial charge in [0.15, 0.2) is 5.82 Å². The Kier molecular flexibility index (Phi) is 3.91. The van der Waals surface area contributed by atoms with Gasteiger partial charge >= 0.3 is 0 Å². The van der Waals surface area contributed by atoms with E-state index in [1.165, 1.54) is 12.8 Å². The van der Waals surface area contributed by atoms with E-state index in [0.29, 0.717) is 16.2 Å². The van der Waals surface area contributed by atoms with Crippen molar-refractivity contribution < 1.29 is 0 Å². The lowest BCUT2D eigenvalue weighted by molar-refractivity contribution is 0.688. The van der Waals surface area contributed by atoms with Crippen molar-refractivity contribution in [3.63, 3.8) is 0 Å². The minimum atomic E-state index is -0.0906. The molecule has 0 bridgehead atoms. The van der Waals surface area contributed by atoms with Gasteiger partial charge in [0.2, 0.25) is 0 Å². The van der Waals surface area contributed by atoms with Crippen LogP contribution in [0.4, 0.5) is 0 Å². The van der Waals surface area contributed by atoms with Crippen LogP contribution in [0.5, 0.6) is 0 Å². The Morgan fingerprint density at radius 3 is 2.68 bits per heavy atom. The normalized spacial score (nSPS) is 16.1. The van der Waals surface area contributed by atoms with Crippen molar-refractivity contribution >= 4 is 43.2 Å². The van der Waals surface area contributed by atoms with Crippen LogP contribution in [0.3, 0.4) is 0 Å². The van der Waals surface area contributed by atoms with Gasteiger partial charge in [0, 0.05) is 10.4 Å². The molecule has 2 aromatic rings. The van der Waals surface area contributed by atoms with Gasteiger partial charge in [0.25, 0.3) is 5.56 Å². The third-order valence-electron chi connectivity index (χ3n) is 3.46. The van der Waals surface area contributed by atoms with Gasteiger partial charge in [-0.1, -0.05) is 12.8 Å². The van der Waals surface area contributed by atoms with E-state index in [1.54, 1.807) is 11.3 Å². The van der Waals surface area contributed by atoms with Crippen LogP contribution in [-0.4, -0.2) is 9.97 Å². The average molecular weight is 404 g/mol. The molecule has 1 N–H and O–H groups in total. The Morgan fingerprint density at radius 2 is 2.05 bits per heavy atom. The van der Waals surface area contributed by atoms with E-state index in [9.17, 15) is 4.79 Å². The maximum atomic E-state index is 12.1. The van der Waals surface area contributed by atoms with Gasteiger partial charge < -0.3 is 4.98 Å². The van der Waals surface area contributed by atoms with E-state index in [2.05, 4.69) is 36.8 Å². The fourth-order valence-electron chi connectivity index (χ4n) is 2.52. The van der Waals surface area contributed by atoms with Crippen LogP contribution in [0, 0.1) is 0 Å². The van der Waals surface area contributed by atoms with Crippen molar-refractivity contribution in [3.8, 4) is 10.7 Å². The zero-order valence-corrected chi connectivity index (χ0v) is 14.1. The molecule has 2 aromatic heterocycles. The molecular formula is C13H12Br2N2OS. The molecule has 100 valence electrons. The van der Waals surface area contributed by atoms with Crippen LogP contribution < -0.4 is 5.56 Å². The number of thiophene rings is 1. The molecule has 0 saturated heterocycles. The molecule has 0 atom stereocenters. The first kappa shape index (κ1) is 13.5. The molecular weight excluding hydrogens is 392 g/mol. The summed E-state index contributed by atoms with van der Waals surface area (Å²) in [6.45, 7) is 0. The second-order valence-corrected chi connectivity index (χ2v) is 7.26. The second-order valence-electron chi connectivity index (χ2n) is 4.69. The minimum Gasteiger partial charge on any atom is -0.305 e. The highest BCUT2D eigenvalue weighted by atomic mass is 79.9. The maximum absolute atomic E-state index is 12.1. The molecule has 1 fully saturated rings. The summed E-state index contributed by atoms with van der Waals surface area (Å²) < 4.78 is 1.57. The number of aromatic amines is 1. The first-order chi connectivity index (χ1) is 9.16. The molecule has 1 aliphatic carbocycles. The van der Waals surface area contributed by atoms with Crippen LogP contribution in [-0.2, 0) is 0 Å². The summed E-state index contributed by atoms with van der Waals surface area (Å²) in [5.74, 6) is 1.08. The molecule has 19 heavy (non-hydrogen) atoms. The maximum Gasteiger partial charge on any atom is 0.265 e. The fourth-order valence-corrected chi connectivity index (χ4v) is 4.53. The monoisotopic (exact) mass is 402 g/mol. The highest BCUT2D eigenvalue weighted by molar-refractivity contribution is 9.11. The van der Waals surface area contributed by atoms with Crippen LogP contribution in [0.15, 0.2) is 25.2 Å². The smallest absolute Gasteiger partial charge is 0.265 e. The van der Waals surface area contributed by atoms with E-state index in [0.717, 1.165) is 27.9 Å². The highest BCUT2D eigenvalue weighted by Gasteiger charge is 2.23. The number of nitrogens with zero attached hydrogens (tertiary/aromatic N) is 1. The van der Waals surface area contributed by atoms with Crippen molar-refractivity contribution in [2.45, 2.75) is 31.6 Å². The third kappa shape index (κ3) is 2.58. The average Bonchev–Trinajstić information content (AvgIpc) is 3.03. The van der Waals surface area contributed by atoms with Crippen LogP contribution in [0.1, 0.15) is 37.3 Å². The number of H-pyrrole nitrogens is 1. The Hall–Kier alpha value is -0.460. The third-order valence-corrected chi connectivity index (χ3v) is 6.07. The number of aromatic nitrogens is 2. The van der Waals surface area contributed by atoms with Gasteiger partial charge in [-0.15, -0.1) is 11.3 Å². The Balaban J connectivity index is 2.12. The lowest BCUT2D eigenvalue weighted by Gasteiger charge is -2.11. The van der Waals surface area contributed by atoms with Crippen molar-refractivity contribution in [2.24, 2.45) is 0 Å².